The molecule has 0 atom stereocenters. The number of piperidine rings is 1. The van der Waals surface area contributed by atoms with Crippen molar-refractivity contribution in [2.75, 3.05) is 32.8 Å². The SMILES string of the molecule is C=CCCOCCNC(=O)N1CCC(CC(=O)O)CC1. The van der Waals surface area contributed by atoms with Crippen molar-refractivity contribution in [3.63, 3.8) is 0 Å². The molecule has 114 valence electrons. The molecule has 0 aromatic rings. The van der Waals surface area contributed by atoms with Crippen LogP contribution in [0.5, 0.6) is 0 Å². The van der Waals surface area contributed by atoms with Crippen molar-refractivity contribution in [3.05, 3.63) is 12.7 Å². The smallest absolute Gasteiger partial charge is 0.317 e. The number of ether oxygens (including phenoxy) is 1. The van der Waals surface area contributed by atoms with E-state index in [1.54, 1.807) is 11.0 Å². The van der Waals surface area contributed by atoms with Gasteiger partial charge >= 0.3 is 12.0 Å². The van der Waals surface area contributed by atoms with Crippen molar-refractivity contribution in [3.8, 4) is 0 Å². The molecule has 1 rings (SSSR count). The van der Waals surface area contributed by atoms with Crippen LogP contribution in [0.2, 0.25) is 0 Å². The van der Waals surface area contributed by atoms with Gasteiger partial charge in [-0.15, -0.1) is 6.58 Å². The third-order valence-corrected chi connectivity index (χ3v) is 3.35. The van der Waals surface area contributed by atoms with Gasteiger partial charge < -0.3 is 20.1 Å². The number of amides is 2. The number of likely N-dealkylation sites (tertiary alicyclic amines) is 1. The normalized spacial score (nSPS) is 15.9. The van der Waals surface area contributed by atoms with Gasteiger partial charge in [0.05, 0.1) is 13.2 Å². The third-order valence-electron chi connectivity index (χ3n) is 3.35. The summed E-state index contributed by atoms with van der Waals surface area (Å²) in [6.07, 6.45) is 4.32. The number of carbonyl (C=O) groups excluding carboxylic acids is 1. The van der Waals surface area contributed by atoms with Gasteiger partial charge in [0, 0.05) is 26.1 Å². The highest BCUT2D eigenvalue weighted by molar-refractivity contribution is 5.74. The molecule has 0 aromatic heterocycles. The largest absolute Gasteiger partial charge is 0.481 e. The highest BCUT2D eigenvalue weighted by atomic mass is 16.5. The number of rotatable bonds is 8. The maximum atomic E-state index is 11.8. The summed E-state index contributed by atoms with van der Waals surface area (Å²) in [7, 11) is 0. The molecule has 0 unspecified atom stereocenters. The Morgan fingerprint density at radius 1 is 1.35 bits per heavy atom. The van der Waals surface area contributed by atoms with E-state index in [1.807, 2.05) is 0 Å². The van der Waals surface area contributed by atoms with E-state index >= 15 is 0 Å². The zero-order chi connectivity index (χ0) is 14.8. The van der Waals surface area contributed by atoms with Crippen molar-refractivity contribution in [1.29, 1.82) is 0 Å². The minimum Gasteiger partial charge on any atom is -0.481 e. The highest BCUT2D eigenvalue weighted by Crippen LogP contribution is 2.20. The summed E-state index contributed by atoms with van der Waals surface area (Å²) in [5.41, 5.74) is 0. The number of carbonyl (C=O) groups is 2. The molecule has 0 aromatic carbocycles. The fourth-order valence-corrected chi connectivity index (χ4v) is 2.20. The number of hydrogen-bond acceptors (Lipinski definition) is 3. The Labute approximate surface area is 119 Å². The van der Waals surface area contributed by atoms with Gasteiger partial charge in [-0.05, 0) is 25.2 Å². The van der Waals surface area contributed by atoms with Crippen LogP contribution in [0.4, 0.5) is 4.79 Å². The summed E-state index contributed by atoms with van der Waals surface area (Å²) in [4.78, 5) is 24.2. The molecule has 2 amide bonds. The predicted molar refractivity (Wildman–Crippen MR) is 75.6 cm³/mol. The number of urea groups is 1. The average molecular weight is 284 g/mol. The van der Waals surface area contributed by atoms with Gasteiger partial charge in [0.15, 0.2) is 0 Å². The van der Waals surface area contributed by atoms with Gasteiger partial charge in [-0.25, -0.2) is 4.79 Å². The van der Waals surface area contributed by atoms with Crippen LogP contribution in [0, 0.1) is 5.92 Å². The fraction of sp³-hybridized carbons (Fsp3) is 0.714. The molecule has 20 heavy (non-hydrogen) atoms. The summed E-state index contributed by atoms with van der Waals surface area (Å²) in [5, 5.41) is 11.5. The Hall–Kier alpha value is -1.56. The van der Waals surface area contributed by atoms with Gasteiger partial charge in [0.2, 0.25) is 0 Å². The molecule has 0 saturated carbocycles. The molecular formula is C14H24N2O4. The molecule has 1 heterocycles. The first kappa shape index (κ1) is 16.5. The topological polar surface area (TPSA) is 78.9 Å². The maximum Gasteiger partial charge on any atom is 0.317 e. The van der Waals surface area contributed by atoms with E-state index in [-0.39, 0.29) is 18.4 Å². The molecule has 6 heteroatoms. The molecule has 2 N–H and O–H groups in total. The van der Waals surface area contributed by atoms with E-state index in [4.69, 9.17) is 9.84 Å². The second kappa shape index (κ2) is 9.36. The fourth-order valence-electron chi connectivity index (χ4n) is 2.20. The Morgan fingerprint density at radius 3 is 2.65 bits per heavy atom. The Morgan fingerprint density at radius 2 is 2.05 bits per heavy atom. The number of nitrogens with zero attached hydrogens (tertiary/aromatic N) is 1. The van der Waals surface area contributed by atoms with Crippen molar-refractivity contribution in [1.82, 2.24) is 10.2 Å². The maximum absolute atomic E-state index is 11.8. The van der Waals surface area contributed by atoms with Crippen LogP contribution in [0.1, 0.15) is 25.7 Å². The molecular weight excluding hydrogens is 260 g/mol. The van der Waals surface area contributed by atoms with Crippen LogP contribution in [-0.2, 0) is 9.53 Å². The lowest BCUT2D eigenvalue weighted by Crippen LogP contribution is -2.45. The van der Waals surface area contributed by atoms with Gasteiger partial charge in [0.1, 0.15) is 0 Å². The van der Waals surface area contributed by atoms with E-state index < -0.39 is 5.97 Å². The van der Waals surface area contributed by atoms with Crippen LogP contribution in [-0.4, -0.2) is 54.9 Å². The highest BCUT2D eigenvalue weighted by Gasteiger charge is 2.23. The first-order chi connectivity index (χ1) is 9.63. The first-order valence-electron chi connectivity index (χ1n) is 7.06. The number of carboxylic acids is 1. The molecule has 1 aliphatic heterocycles. The van der Waals surface area contributed by atoms with Gasteiger partial charge in [-0.2, -0.15) is 0 Å². The van der Waals surface area contributed by atoms with E-state index in [0.717, 1.165) is 19.3 Å². The zero-order valence-corrected chi connectivity index (χ0v) is 11.8. The predicted octanol–water partition coefficient (Wildman–Crippen LogP) is 1.48. The van der Waals surface area contributed by atoms with Gasteiger partial charge in [-0.3, -0.25) is 4.79 Å². The van der Waals surface area contributed by atoms with Crippen LogP contribution in [0.15, 0.2) is 12.7 Å². The average Bonchev–Trinajstić information content (AvgIpc) is 2.42. The standard InChI is InChI=1S/C14H24N2O4/c1-2-3-9-20-10-6-15-14(19)16-7-4-12(5-8-16)11-13(17)18/h2,12H,1,3-11H2,(H,15,19)(H,17,18). The summed E-state index contributed by atoms with van der Waals surface area (Å²) < 4.78 is 5.30. The minimum atomic E-state index is -0.760. The second-order valence-electron chi connectivity index (χ2n) is 4.95. The van der Waals surface area contributed by atoms with Crippen LogP contribution in [0.25, 0.3) is 0 Å². The van der Waals surface area contributed by atoms with Crippen molar-refractivity contribution >= 4 is 12.0 Å². The van der Waals surface area contributed by atoms with Crippen molar-refractivity contribution < 1.29 is 19.4 Å². The molecule has 0 radical (unpaired) electrons. The first-order valence-corrected chi connectivity index (χ1v) is 7.06. The number of nitrogens with one attached hydrogen (secondary N) is 1. The summed E-state index contributed by atoms with van der Waals surface area (Å²) in [6.45, 7) is 6.46. The molecule has 1 aliphatic rings. The second-order valence-corrected chi connectivity index (χ2v) is 4.95. The van der Waals surface area contributed by atoms with Gasteiger partial charge in [0.25, 0.3) is 0 Å². The lowest BCUT2D eigenvalue weighted by Gasteiger charge is -2.31. The van der Waals surface area contributed by atoms with Crippen molar-refractivity contribution in [2.24, 2.45) is 5.92 Å². The van der Waals surface area contributed by atoms with E-state index in [1.165, 1.54) is 0 Å². The van der Waals surface area contributed by atoms with E-state index in [9.17, 15) is 9.59 Å². The van der Waals surface area contributed by atoms with Crippen LogP contribution >= 0.6 is 0 Å². The summed E-state index contributed by atoms with van der Waals surface area (Å²) >= 11 is 0. The molecule has 0 spiro atoms. The lowest BCUT2D eigenvalue weighted by molar-refractivity contribution is -0.138. The Kier molecular flexibility index (Phi) is 7.72. The molecule has 1 fully saturated rings. The zero-order valence-electron chi connectivity index (χ0n) is 11.8. The molecule has 0 aliphatic carbocycles. The van der Waals surface area contributed by atoms with Crippen molar-refractivity contribution in [2.45, 2.75) is 25.7 Å². The van der Waals surface area contributed by atoms with E-state index in [0.29, 0.717) is 32.8 Å². The van der Waals surface area contributed by atoms with E-state index in [2.05, 4.69) is 11.9 Å². The lowest BCUT2D eigenvalue weighted by atomic mass is 9.94. The minimum absolute atomic E-state index is 0.0916. The molecule has 6 nitrogen and oxygen atoms in total. The molecule has 1 saturated heterocycles. The summed E-state index contributed by atoms with van der Waals surface area (Å²) in [5.74, 6) is -0.566. The number of hydrogen-bond donors (Lipinski definition) is 2. The number of aliphatic carboxylic acids is 1. The van der Waals surface area contributed by atoms with Crippen LogP contribution in [0.3, 0.4) is 0 Å². The van der Waals surface area contributed by atoms with Gasteiger partial charge in [-0.1, -0.05) is 6.08 Å². The number of carboxylic acid groups (broad SMARTS) is 1. The Balaban J connectivity index is 2.10. The quantitative estimate of drug-likeness (QED) is 0.522. The summed E-state index contributed by atoms with van der Waals surface area (Å²) in [6, 6.07) is -0.0916. The van der Waals surface area contributed by atoms with Crippen LogP contribution < -0.4 is 5.32 Å². The molecule has 0 bridgehead atoms. The third kappa shape index (κ3) is 6.56. The monoisotopic (exact) mass is 284 g/mol. The Bertz CT molecular complexity index is 325.